The normalized spacial score (nSPS) is 11.5. The van der Waals surface area contributed by atoms with Crippen LogP contribution >= 0.6 is 0 Å². The maximum Gasteiger partial charge on any atom is 0.265 e. The SMILES string of the molecule is O=S(=O)(Nc1ccc(-c2ncn[nH]2)cc1F)c1cc(F)cc(F)c1O. The fourth-order valence-corrected chi connectivity index (χ4v) is 3.22. The number of sulfonamides is 1. The summed E-state index contributed by atoms with van der Waals surface area (Å²) < 4.78 is 66.9. The number of hydrogen-bond acceptors (Lipinski definition) is 5. The largest absolute Gasteiger partial charge is 0.504 e. The van der Waals surface area contributed by atoms with Crippen LogP contribution in [0.25, 0.3) is 11.4 Å². The van der Waals surface area contributed by atoms with Crippen LogP contribution in [0.2, 0.25) is 0 Å². The molecule has 3 N–H and O–H groups in total. The monoisotopic (exact) mass is 370 g/mol. The van der Waals surface area contributed by atoms with Crippen LogP contribution in [0.5, 0.6) is 5.75 Å². The number of benzene rings is 2. The van der Waals surface area contributed by atoms with Gasteiger partial charge < -0.3 is 5.11 Å². The highest BCUT2D eigenvalue weighted by Crippen LogP contribution is 2.30. The number of anilines is 1. The first-order valence-corrected chi connectivity index (χ1v) is 8.12. The number of halogens is 3. The van der Waals surface area contributed by atoms with Gasteiger partial charge in [-0.1, -0.05) is 0 Å². The summed E-state index contributed by atoms with van der Waals surface area (Å²) in [5, 5.41) is 15.6. The fourth-order valence-electron chi connectivity index (χ4n) is 2.04. The second kappa shape index (κ2) is 6.09. The highest BCUT2D eigenvalue weighted by molar-refractivity contribution is 7.92. The lowest BCUT2D eigenvalue weighted by Crippen LogP contribution is -2.15. The Labute approximate surface area is 139 Å². The van der Waals surface area contributed by atoms with E-state index >= 15 is 0 Å². The maximum atomic E-state index is 14.1. The minimum absolute atomic E-state index is 0.262. The summed E-state index contributed by atoms with van der Waals surface area (Å²) in [5.74, 6) is -4.64. The molecular formula is C14H9F3N4O3S. The predicted octanol–water partition coefficient (Wildman–Crippen LogP) is 2.40. The number of aromatic hydroxyl groups is 1. The number of rotatable bonds is 4. The molecule has 0 amide bonds. The molecule has 0 saturated carbocycles. The average Bonchev–Trinajstić information content (AvgIpc) is 3.07. The van der Waals surface area contributed by atoms with Crippen molar-refractivity contribution in [3.05, 3.63) is 54.1 Å². The first kappa shape index (κ1) is 16.8. The van der Waals surface area contributed by atoms with E-state index in [1.54, 1.807) is 0 Å². The molecule has 0 aliphatic heterocycles. The zero-order chi connectivity index (χ0) is 18.2. The highest BCUT2D eigenvalue weighted by atomic mass is 32.2. The molecule has 1 aromatic heterocycles. The molecule has 0 aliphatic carbocycles. The van der Waals surface area contributed by atoms with Gasteiger partial charge in [0.25, 0.3) is 10.0 Å². The summed E-state index contributed by atoms with van der Waals surface area (Å²) in [6.45, 7) is 0. The highest BCUT2D eigenvalue weighted by Gasteiger charge is 2.24. The standard InChI is InChI=1S/C14H9F3N4O3S/c15-8-4-10(17)13(22)12(5-8)25(23,24)21-11-2-1-7(3-9(11)16)14-18-6-19-20-14/h1-6,21-22H,(H,18,19,20). The van der Waals surface area contributed by atoms with Crippen LogP contribution < -0.4 is 4.72 Å². The smallest absolute Gasteiger partial charge is 0.265 e. The first-order chi connectivity index (χ1) is 11.8. The topological polar surface area (TPSA) is 108 Å². The van der Waals surface area contributed by atoms with E-state index in [1.807, 2.05) is 4.72 Å². The van der Waals surface area contributed by atoms with E-state index in [2.05, 4.69) is 15.2 Å². The Morgan fingerprint density at radius 3 is 2.48 bits per heavy atom. The molecule has 1 heterocycles. The van der Waals surface area contributed by atoms with Crippen molar-refractivity contribution in [2.24, 2.45) is 0 Å². The Balaban J connectivity index is 1.97. The lowest BCUT2D eigenvalue weighted by atomic mass is 10.2. The Kier molecular flexibility index (Phi) is 4.08. The summed E-state index contributed by atoms with van der Waals surface area (Å²) in [6, 6.07) is 4.18. The van der Waals surface area contributed by atoms with Crippen molar-refractivity contribution in [3.63, 3.8) is 0 Å². The third kappa shape index (κ3) is 3.26. The molecule has 11 heteroatoms. The molecule has 7 nitrogen and oxygen atoms in total. The Bertz CT molecular complexity index is 1040. The summed E-state index contributed by atoms with van der Waals surface area (Å²) in [6.07, 6.45) is 1.21. The van der Waals surface area contributed by atoms with Gasteiger partial charge in [-0.05, 0) is 24.3 Å². The van der Waals surface area contributed by atoms with Gasteiger partial charge in [-0.25, -0.2) is 26.6 Å². The number of aromatic nitrogens is 3. The van der Waals surface area contributed by atoms with Crippen LogP contribution in [-0.2, 0) is 10.0 Å². The van der Waals surface area contributed by atoms with Gasteiger partial charge in [0, 0.05) is 11.6 Å². The van der Waals surface area contributed by atoms with E-state index < -0.39 is 43.8 Å². The maximum absolute atomic E-state index is 14.1. The molecule has 25 heavy (non-hydrogen) atoms. The molecule has 3 aromatic rings. The van der Waals surface area contributed by atoms with Gasteiger partial charge in [-0.15, -0.1) is 0 Å². The van der Waals surface area contributed by atoms with E-state index in [4.69, 9.17) is 0 Å². The van der Waals surface area contributed by atoms with E-state index in [0.717, 1.165) is 12.1 Å². The molecule has 0 fully saturated rings. The molecular weight excluding hydrogens is 361 g/mol. The number of H-pyrrole nitrogens is 1. The van der Waals surface area contributed by atoms with Gasteiger partial charge in [0.15, 0.2) is 17.4 Å². The molecule has 0 atom stereocenters. The van der Waals surface area contributed by atoms with E-state index in [1.165, 1.54) is 12.4 Å². The van der Waals surface area contributed by atoms with Gasteiger partial charge in [0.1, 0.15) is 22.9 Å². The number of nitrogens with zero attached hydrogens (tertiary/aromatic N) is 2. The summed E-state index contributed by atoms with van der Waals surface area (Å²) in [7, 11) is -4.63. The van der Waals surface area contributed by atoms with Gasteiger partial charge >= 0.3 is 0 Å². The van der Waals surface area contributed by atoms with Crippen molar-refractivity contribution in [3.8, 4) is 17.1 Å². The zero-order valence-corrected chi connectivity index (χ0v) is 13.0. The third-order valence-electron chi connectivity index (χ3n) is 3.18. The first-order valence-electron chi connectivity index (χ1n) is 6.64. The van der Waals surface area contributed by atoms with Crippen molar-refractivity contribution >= 4 is 15.7 Å². The molecule has 0 aliphatic rings. The summed E-state index contributed by atoms with van der Waals surface area (Å²) >= 11 is 0. The molecule has 0 spiro atoms. The van der Waals surface area contributed by atoms with Crippen LogP contribution in [0.15, 0.2) is 41.6 Å². The molecule has 0 unspecified atom stereocenters. The minimum atomic E-state index is -4.63. The van der Waals surface area contributed by atoms with Gasteiger partial charge in [-0.3, -0.25) is 9.82 Å². The van der Waals surface area contributed by atoms with E-state index in [0.29, 0.717) is 17.7 Å². The molecule has 130 valence electrons. The van der Waals surface area contributed by atoms with Crippen LogP contribution in [-0.4, -0.2) is 28.7 Å². The number of phenols is 1. The van der Waals surface area contributed by atoms with E-state index in [9.17, 15) is 26.7 Å². The number of phenolic OH excluding ortho intramolecular Hbond substituents is 1. The molecule has 0 bridgehead atoms. The zero-order valence-electron chi connectivity index (χ0n) is 12.2. The van der Waals surface area contributed by atoms with E-state index in [-0.39, 0.29) is 5.82 Å². The van der Waals surface area contributed by atoms with Crippen molar-refractivity contribution in [1.29, 1.82) is 0 Å². The van der Waals surface area contributed by atoms with Gasteiger partial charge in [0.05, 0.1) is 5.69 Å². The van der Waals surface area contributed by atoms with Crippen LogP contribution in [0.3, 0.4) is 0 Å². The second-order valence-electron chi connectivity index (χ2n) is 4.87. The summed E-state index contributed by atoms with van der Waals surface area (Å²) in [5.41, 5.74) is -0.176. The Hall–Kier alpha value is -3.08. The predicted molar refractivity (Wildman–Crippen MR) is 80.6 cm³/mol. The third-order valence-corrected chi connectivity index (χ3v) is 4.56. The average molecular weight is 370 g/mol. The Morgan fingerprint density at radius 1 is 1.08 bits per heavy atom. The Morgan fingerprint density at radius 2 is 1.84 bits per heavy atom. The van der Waals surface area contributed by atoms with Crippen molar-refractivity contribution in [2.45, 2.75) is 4.90 Å². The second-order valence-corrected chi connectivity index (χ2v) is 6.52. The van der Waals surface area contributed by atoms with Crippen LogP contribution in [0.4, 0.5) is 18.9 Å². The van der Waals surface area contributed by atoms with Gasteiger partial charge in [0.2, 0.25) is 0 Å². The number of hydrogen-bond donors (Lipinski definition) is 3. The lowest BCUT2D eigenvalue weighted by molar-refractivity contribution is 0.412. The minimum Gasteiger partial charge on any atom is -0.504 e. The van der Waals surface area contributed by atoms with Crippen LogP contribution in [0.1, 0.15) is 0 Å². The number of aromatic amines is 1. The van der Waals surface area contributed by atoms with Crippen LogP contribution in [0, 0.1) is 17.5 Å². The number of nitrogens with one attached hydrogen (secondary N) is 2. The summed E-state index contributed by atoms with van der Waals surface area (Å²) in [4.78, 5) is 2.77. The molecule has 3 rings (SSSR count). The molecule has 2 aromatic carbocycles. The molecule has 0 radical (unpaired) electrons. The lowest BCUT2D eigenvalue weighted by Gasteiger charge is -2.11. The van der Waals surface area contributed by atoms with Gasteiger partial charge in [-0.2, -0.15) is 5.10 Å². The van der Waals surface area contributed by atoms with Crippen molar-refractivity contribution in [2.75, 3.05) is 4.72 Å². The molecule has 0 saturated heterocycles. The fraction of sp³-hybridized carbons (Fsp3) is 0. The van der Waals surface area contributed by atoms with Crippen molar-refractivity contribution in [1.82, 2.24) is 15.2 Å². The van der Waals surface area contributed by atoms with Crippen molar-refractivity contribution < 1.29 is 26.7 Å². The quantitative estimate of drug-likeness (QED) is 0.654.